The molecule has 5 nitrogen and oxygen atoms in total. The second kappa shape index (κ2) is 6.59. The molecule has 0 saturated carbocycles. The minimum absolute atomic E-state index is 0.187. The molecular weight excluding hydrogens is 220 g/mol. The van der Waals surface area contributed by atoms with Crippen LogP contribution in [0.4, 0.5) is 0 Å². The number of likely N-dealkylation sites (tertiary alicyclic amines) is 1. The number of aliphatic carboxylic acids is 1. The summed E-state index contributed by atoms with van der Waals surface area (Å²) >= 11 is 0. The van der Waals surface area contributed by atoms with Crippen molar-refractivity contribution in [2.45, 2.75) is 25.7 Å². The van der Waals surface area contributed by atoms with Crippen LogP contribution in [0, 0.1) is 5.92 Å². The Kier molecular flexibility index (Phi) is 5.41. The Morgan fingerprint density at radius 1 is 1.29 bits per heavy atom. The number of carbonyl (C=O) groups is 2. The number of rotatable bonds is 5. The second-order valence-electron chi connectivity index (χ2n) is 4.98. The lowest BCUT2D eigenvalue weighted by atomic mass is 9.93. The Morgan fingerprint density at radius 2 is 1.88 bits per heavy atom. The highest BCUT2D eigenvalue weighted by Gasteiger charge is 2.23. The molecule has 0 aliphatic carbocycles. The maximum absolute atomic E-state index is 11.8. The lowest BCUT2D eigenvalue weighted by molar-refractivity contribution is -0.138. The molecule has 0 unspecified atom stereocenters. The Morgan fingerprint density at radius 3 is 2.35 bits per heavy atom. The lowest BCUT2D eigenvalue weighted by Crippen LogP contribution is -2.39. The molecule has 1 aliphatic heterocycles. The Hall–Kier alpha value is -1.10. The van der Waals surface area contributed by atoms with Crippen molar-refractivity contribution in [2.75, 3.05) is 33.7 Å². The largest absolute Gasteiger partial charge is 0.481 e. The van der Waals surface area contributed by atoms with Gasteiger partial charge in [-0.2, -0.15) is 0 Å². The van der Waals surface area contributed by atoms with E-state index in [4.69, 9.17) is 5.11 Å². The number of hydrogen-bond acceptors (Lipinski definition) is 3. The summed E-state index contributed by atoms with van der Waals surface area (Å²) in [5, 5.41) is 8.70. The van der Waals surface area contributed by atoms with Crippen molar-refractivity contribution in [3.05, 3.63) is 0 Å². The molecule has 1 heterocycles. The fourth-order valence-corrected chi connectivity index (χ4v) is 2.11. The van der Waals surface area contributed by atoms with Gasteiger partial charge in [0.05, 0.1) is 0 Å². The van der Waals surface area contributed by atoms with Gasteiger partial charge in [0.15, 0.2) is 0 Å². The van der Waals surface area contributed by atoms with E-state index in [-0.39, 0.29) is 18.2 Å². The number of nitrogens with zero attached hydrogens (tertiary/aromatic N) is 2. The van der Waals surface area contributed by atoms with Crippen molar-refractivity contribution in [1.29, 1.82) is 0 Å². The molecule has 1 amide bonds. The molecule has 1 saturated heterocycles. The standard InChI is InChI=1S/C12H22N2O3/c1-13(2)6-5-11(15)14-7-3-10(4-8-14)9-12(16)17/h10H,3-9H2,1-2H3,(H,16,17). The Balaban J connectivity index is 2.26. The smallest absolute Gasteiger partial charge is 0.303 e. The van der Waals surface area contributed by atoms with Crippen molar-refractivity contribution in [3.63, 3.8) is 0 Å². The number of piperidine rings is 1. The average molecular weight is 242 g/mol. The predicted molar refractivity (Wildman–Crippen MR) is 64.7 cm³/mol. The van der Waals surface area contributed by atoms with Crippen LogP contribution in [0.1, 0.15) is 25.7 Å². The fourth-order valence-electron chi connectivity index (χ4n) is 2.11. The van der Waals surface area contributed by atoms with Crippen LogP contribution in [0.15, 0.2) is 0 Å². The summed E-state index contributed by atoms with van der Waals surface area (Å²) in [6, 6.07) is 0. The zero-order valence-corrected chi connectivity index (χ0v) is 10.7. The number of amides is 1. The highest BCUT2D eigenvalue weighted by Crippen LogP contribution is 2.20. The van der Waals surface area contributed by atoms with Crippen LogP contribution in [-0.4, -0.2) is 60.5 Å². The van der Waals surface area contributed by atoms with Gasteiger partial charge < -0.3 is 14.9 Å². The second-order valence-corrected chi connectivity index (χ2v) is 4.98. The third kappa shape index (κ3) is 5.17. The predicted octanol–water partition coefficient (Wildman–Crippen LogP) is 0.651. The van der Waals surface area contributed by atoms with E-state index in [0.29, 0.717) is 19.5 Å². The summed E-state index contributed by atoms with van der Waals surface area (Å²) in [4.78, 5) is 26.2. The summed E-state index contributed by atoms with van der Waals surface area (Å²) < 4.78 is 0. The SMILES string of the molecule is CN(C)CCC(=O)N1CCC(CC(=O)O)CC1. The molecule has 1 N–H and O–H groups in total. The van der Waals surface area contributed by atoms with Crippen molar-refractivity contribution in [3.8, 4) is 0 Å². The monoisotopic (exact) mass is 242 g/mol. The quantitative estimate of drug-likeness (QED) is 0.769. The minimum Gasteiger partial charge on any atom is -0.481 e. The molecule has 0 bridgehead atoms. The van der Waals surface area contributed by atoms with E-state index >= 15 is 0 Å². The highest BCUT2D eigenvalue weighted by molar-refractivity contribution is 5.76. The first-order valence-corrected chi connectivity index (χ1v) is 6.13. The fraction of sp³-hybridized carbons (Fsp3) is 0.833. The Bertz CT molecular complexity index is 271. The third-order valence-corrected chi connectivity index (χ3v) is 3.20. The molecule has 1 fully saturated rings. The van der Waals surface area contributed by atoms with Gasteiger partial charge in [0.25, 0.3) is 0 Å². The molecule has 0 aromatic carbocycles. The van der Waals surface area contributed by atoms with Crippen LogP contribution >= 0.6 is 0 Å². The van der Waals surface area contributed by atoms with Crippen LogP contribution in [0.5, 0.6) is 0 Å². The summed E-state index contributed by atoms with van der Waals surface area (Å²) in [5.74, 6) is -0.305. The van der Waals surface area contributed by atoms with Crippen LogP contribution < -0.4 is 0 Å². The van der Waals surface area contributed by atoms with Crippen LogP contribution in [-0.2, 0) is 9.59 Å². The van der Waals surface area contributed by atoms with E-state index in [1.165, 1.54) is 0 Å². The minimum atomic E-state index is -0.734. The molecular formula is C12H22N2O3. The highest BCUT2D eigenvalue weighted by atomic mass is 16.4. The van der Waals surface area contributed by atoms with Gasteiger partial charge in [-0.05, 0) is 32.9 Å². The average Bonchev–Trinajstić information content (AvgIpc) is 2.26. The molecule has 0 aromatic heterocycles. The van der Waals surface area contributed by atoms with E-state index in [1.54, 1.807) is 0 Å². The summed E-state index contributed by atoms with van der Waals surface area (Å²) in [5.41, 5.74) is 0. The molecule has 1 rings (SSSR count). The van der Waals surface area contributed by atoms with Crippen LogP contribution in [0.2, 0.25) is 0 Å². The first kappa shape index (κ1) is 14.0. The summed E-state index contributed by atoms with van der Waals surface area (Å²) in [7, 11) is 3.90. The molecule has 0 radical (unpaired) electrons. The molecule has 17 heavy (non-hydrogen) atoms. The van der Waals surface area contributed by atoms with Gasteiger partial charge in [-0.3, -0.25) is 9.59 Å². The topological polar surface area (TPSA) is 60.9 Å². The Labute approximate surface area is 102 Å². The van der Waals surface area contributed by atoms with Gasteiger partial charge in [0.2, 0.25) is 5.91 Å². The summed E-state index contributed by atoms with van der Waals surface area (Å²) in [6.45, 7) is 2.20. The maximum atomic E-state index is 11.8. The van der Waals surface area contributed by atoms with Gasteiger partial charge in [0.1, 0.15) is 0 Å². The first-order chi connectivity index (χ1) is 7.99. The maximum Gasteiger partial charge on any atom is 0.303 e. The van der Waals surface area contributed by atoms with E-state index in [9.17, 15) is 9.59 Å². The van der Waals surface area contributed by atoms with Crippen LogP contribution in [0.25, 0.3) is 0 Å². The molecule has 0 atom stereocenters. The third-order valence-electron chi connectivity index (χ3n) is 3.20. The van der Waals surface area contributed by atoms with E-state index in [0.717, 1.165) is 19.4 Å². The van der Waals surface area contributed by atoms with E-state index in [1.807, 2.05) is 23.9 Å². The van der Waals surface area contributed by atoms with Gasteiger partial charge in [-0.1, -0.05) is 0 Å². The van der Waals surface area contributed by atoms with Crippen molar-refractivity contribution < 1.29 is 14.7 Å². The molecule has 0 aromatic rings. The zero-order valence-electron chi connectivity index (χ0n) is 10.7. The number of carboxylic acid groups (broad SMARTS) is 1. The molecule has 98 valence electrons. The van der Waals surface area contributed by atoms with Crippen molar-refractivity contribution in [2.24, 2.45) is 5.92 Å². The summed E-state index contributed by atoms with van der Waals surface area (Å²) in [6.07, 6.45) is 2.43. The van der Waals surface area contributed by atoms with Gasteiger partial charge in [-0.15, -0.1) is 0 Å². The van der Waals surface area contributed by atoms with Gasteiger partial charge >= 0.3 is 5.97 Å². The van der Waals surface area contributed by atoms with Gasteiger partial charge in [-0.25, -0.2) is 0 Å². The number of carbonyl (C=O) groups excluding carboxylic acids is 1. The number of carboxylic acids is 1. The van der Waals surface area contributed by atoms with Crippen molar-refractivity contribution in [1.82, 2.24) is 9.80 Å². The zero-order chi connectivity index (χ0) is 12.8. The van der Waals surface area contributed by atoms with Crippen molar-refractivity contribution >= 4 is 11.9 Å². The lowest BCUT2D eigenvalue weighted by Gasteiger charge is -2.31. The van der Waals surface area contributed by atoms with Gasteiger partial charge in [0, 0.05) is 32.5 Å². The van der Waals surface area contributed by atoms with Crippen LogP contribution in [0.3, 0.4) is 0 Å². The molecule has 5 heteroatoms. The van der Waals surface area contributed by atoms with E-state index in [2.05, 4.69) is 0 Å². The molecule has 1 aliphatic rings. The number of hydrogen-bond donors (Lipinski definition) is 1. The van der Waals surface area contributed by atoms with E-state index < -0.39 is 5.97 Å². The normalized spacial score (nSPS) is 17.5. The first-order valence-electron chi connectivity index (χ1n) is 6.13. The molecule has 0 spiro atoms.